The van der Waals surface area contributed by atoms with E-state index in [0.717, 1.165) is 19.3 Å². The number of hydrogen-bond donors (Lipinski definition) is 1. The Hall–Kier alpha value is -1.98. The number of carboxylic acid groups (broad SMARTS) is 1. The quantitative estimate of drug-likeness (QED) is 0.829. The topological polar surface area (TPSA) is 83.4 Å². The molecule has 0 aliphatic carbocycles. The van der Waals surface area contributed by atoms with Crippen LogP contribution in [0.3, 0.4) is 0 Å². The summed E-state index contributed by atoms with van der Waals surface area (Å²) in [5.74, 6) is -0.960. The second-order valence-electron chi connectivity index (χ2n) is 3.90. The number of aromatic nitrogens is 2. The van der Waals surface area contributed by atoms with Crippen LogP contribution in [0.4, 0.5) is 5.95 Å². The van der Waals surface area contributed by atoms with Gasteiger partial charge >= 0.3 is 5.97 Å². The van der Waals surface area contributed by atoms with E-state index in [4.69, 9.17) is 5.11 Å². The fourth-order valence-corrected chi connectivity index (χ4v) is 1.79. The Morgan fingerprint density at radius 1 is 1.35 bits per heavy atom. The molecule has 1 aromatic heterocycles. The van der Waals surface area contributed by atoms with Gasteiger partial charge in [0.1, 0.15) is 0 Å². The van der Waals surface area contributed by atoms with E-state index in [2.05, 4.69) is 9.97 Å². The minimum Gasteiger partial charge on any atom is -0.477 e. The molecule has 0 spiro atoms. The number of aromatic carboxylic acids is 1. The van der Waals surface area contributed by atoms with Crippen molar-refractivity contribution in [2.45, 2.75) is 25.7 Å². The summed E-state index contributed by atoms with van der Waals surface area (Å²) >= 11 is 0. The van der Waals surface area contributed by atoms with Crippen molar-refractivity contribution in [3.63, 3.8) is 0 Å². The van der Waals surface area contributed by atoms with Crippen molar-refractivity contribution in [2.24, 2.45) is 0 Å². The van der Waals surface area contributed by atoms with Gasteiger partial charge in [0.2, 0.25) is 11.9 Å². The summed E-state index contributed by atoms with van der Waals surface area (Å²) in [6.07, 6.45) is 4.60. The molecule has 1 fully saturated rings. The van der Waals surface area contributed by atoms with Gasteiger partial charge in [-0.3, -0.25) is 9.69 Å². The molecule has 0 radical (unpaired) electrons. The number of hydrogen-bond acceptors (Lipinski definition) is 4. The summed E-state index contributed by atoms with van der Waals surface area (Å²) in [7, 11) is 0. The van der Waals surface area contributed by atoms with E-state index in [9.17, 15) is 9.59 Å². The monoisotopic (exact) mass is 235 g/mol. The molecular formula is C11H13N3O3. The number of carbonyl (C=O) groups is 2. The van der Waals surface area contributed by atoms with Crippen molar-refractivity contribution in [1.82, 2.24) is 9.97 Å². The average Bonchev–Trinajstić information content (AvgIpc) is 2.54. The van der Waals surface area contributed by atoms with E-state index in [0.29, 0.717) is 13.0 Å². The smallest absolute Gasteiger partial charge is 0.354 e. The molecule has 6 heteroatoms. The van der Waals surface area contributed by atoms with Crippen molar-refractivity contribution in [3.05, 3.63) is 18.0 Å². The number of amides is 1. The third-order valence-corrected chi connectivity index (χ3v) is 2.68. The highest BCUT2D eigenvalue weighted by Gasteiger charge is 2.21. The molecule has 1 aliphatic rings. The minimum absolute atomic E-state index is 0.0370. The van der Waals surface area contributed by atoms with Gasteiger partial charge in [0.25, 0.3) is 0 Å². The molecule has 17 heavy (non-hydrogen) atoms. The summed E-state index contributed by atoms with van der Waals surface area (Å²) in [5, 5.41) is 8.84. The Bertz CT molecular complexity index is 447. The van der Waals surface area contributed by atoms with Crippen LogP contribution in [0.2, 0.25) is 0 Å². The van der Waals surface area contributed by atoms with Crippen LogP contribution in [-0.2, 0) is 4.79 Å². The number of nitrogens with zero attached hydrogens (tertiary/aromatic N) is 3. The van der Waals surface area contributed by atoms with Crippen LogP contribution in [-0.4, -0.2) is 33.5 Å². The van der Waals surface area contributed by atoms with Crippen molar-refractivity contribution < 1.29 is 14.7 Å². The van der Waals surface area contributed by atoms with Crippen LogP contribution < -0.4 is 4.90 Å². The summed E-state index contributed by atoms with van der Waals surface area (Å²) in [6.45, 7) is 0.557. The minimum atomic E-state index is -1.11. The van der Waals surface area contributed by atoms with Crippen molar-refractivity contribution in [1.29, 1.82) is 0 Å². The third kappa shape index (κ3) is 2.58. The molecule has 90 valence electrons. The highest BCUT2D eigenvalue weighted by molar-refractivity contribution is 5.92. The molecule has 1 N–H and O–H groups in total. The summed E-state index contributed by atoms with van der Waals surface area (Å²) in [4.78, 5) is 31.9. The summed E-state index contributed by atoms with van der Waals surface area (Å²) < 4.78 is 0. The summed E-state index contributed by atoms with van der Waals surface area (Å²) in [6, 6.07) is 1.31. The SMILES string of the molecule is O=C(O)c1ccnc(N2CCCCCC2=O)n1. The lowest BCUT2D eigenvalue weighted by Crippen LogP contribution is -2.32. The predicted molar refractivity (Wildman–Crippen MR) is 59.8 cm³/mol. The average molecular weight is 235 g/mol. The number of carbonyl (C=O) groups excluding carboxylic acids is 1. The molecule has 2 heterocycles. The van der Waals surface area contributed by atoms with E-state index in [1.807, 2.05) is 0 Å². The molecule has 1 saturated heterocycles. The molecule has 0 unspecified atom stereocenters. The van der Waals surface area contributed by atoms with Gasteiger partial charge in [-0.15, -0.1) is 0 Å². The van der Waals surface area contributed by atoms with Gasteiger partial charge in [0.05, 0.1) is 0 Å². The van der Waals surface area contributed by atoms with E-state index in [-0.39, 0.29) is 17.5 Å². The van der Waals surface area contributed by atoms with Crippen LogP contribution in [0.25, 0.3) is 0 Å². The van der Waals surface area contributed by atoms with Crippen molar-refractivity contribution in [2.75, 3.05) is 11.4 Å². The molecule has 0 saturated carbocycles. The molecule has 0 atom stereocenters. The summed E-state index contributed by atoms with van der Waals surface area (Å²) in [5.41, 5.74) is -0.0907. The molecule has 1 aliphatic heterocycles. The van der Waals surface area contributed by atoms with Crippen molar-refractivity contribution >= 4 is 17.8 Å². The fraction of sp³-hybridized carbons (Fsp3) is 0.455. The standard InChI is InChI=1S/C11H13N3O3/c15-9-4-2-1-3-7-14(9)11-12-6-5-8(13-11)10(16)17/h5-6H,1-4,7H2,(H,16,17). The molecule has 0 aromatic carbocycles. The third-order valence-electron chi connectivity index (χ3n) is 2.68. The second kappa shape index (κ2) is 4.90. The first-order chi connectivity index (χ1) is 8.18. The molecule has 1 amide bonds. The Balaban J connectivity index is 2.28. The van der Waals surface area contributed by atoms with Gasteiger partial charge in [-0.1, -0.05) is 6.42 Å². The number of rotatable bonds is 2. The lowest BCUT2D eigenvalue weighted by Gasteiger charge is -2.17. The second-order valence-corrected chi connectivity index (χ2v) is 3.90. The molecule has 1 aromatic rings. The Kier molecular flexibility index (Phi) is 3.32. The zero-order valence-corrected chi connectivity index (χ0v) is 9.30. The first kappa shape index (κ1) is 11.5. The van der Waals surface area contributed by atoms with E-state index < -0.39 is 5.97 Å². The van der Waals surface area contributed by atoms with Crippen molar-refractivity contribution in [3.8, 4) is 0 Å². The number of carboxylic acids is 1. The fourth-order valence-electron chi connectivity index (χ4n) is 1.79. The molecular weight excluding hydrogens is 222 g/mol. The first-order valence-corrected chi connectivity index (χ1v) is 5.55. The zero-order chi connectivity index (χ0) is 12.3. The van der Waals surface area contributed by atoms with E-state index >= 15 is 0 Å². The number of anilines is 1. The lowest BCUT2D eigenvalue weighted by atomic mass is 10.2. The van der Waals surface area contributed by atoms with Gasteiger partial charge in [0.15, 0.2) is 5.69 Å². The van der Waals surface area contributed by atoms with Gasteiger partial charge in [-0.05, 0) is 18.9 Å². The van der Waals surface area contributed by atoms with Crippen LogP contribution in [0, 0.1) is 0 Å². The van der Waals surface area contributed by atoms with Crippen LogP contribution in [0.1, 0.15) is 36.2 Å². The normalized spacial score (nSPS) is 16.7. The van der Waals surface area contributed by atoms with Gasteiger partial charge in [-0.2, -0.15) is 0 Å². The predicted octanol–water partition coefficient (Wildman–Crippen LogP) is 1.08. The Morgan fingerprint density at radius 2 is 2.18 bits per heavy atom. The maximum absolute atomic E-state index is 11.8. The van der Waals surface area contributed by atoms with Crippen LogP contribution in [0.15, 0.2) is 12.3 Å². The lowest BCUT2D eigenvalue weighted by molar-refractivity contribution is -0.118. The van der Waals surface area contributed by atoms with Crippen LogP contribution in [0.5, 0.6) is 0 Å². The Morgan fingerprint density at radius 3 is 2.94 bits per heavy atom. The molecule has 6 nitrogen and oxygen atoms in total. The maximum Gasteiger partial charge on any atom is 0.354 e. The highest BCUT2D eigenvalue weighted by Crippen LogP contribution is 2.16. The molecule has 0 bridgehead atoms. The van der Waals surface area contributed by atoms with Gasteiger partial charge in [-0.25, -0.2) is 14.8 Å². The Labute approximate surface area is 98.3 Å². The van der Waals surface area contributed by atoms with E-state index in [1.54, 1.807) is 0 Å². The highest BCUT2D eigenvalue weighted by atomic mass is 16.4. The zero-order valence-electron chi connectivity index (χ0n) is 9.30. The van der Waals surface area contributed by atoms with E-state index in [1.165, 1.54) is 17.2 Å². The first-order valence-electron chi connectivity index (χ1n) is 5.55. The largest absolute Gasteiger partial charge is 0.477 e. The van der Waals surface area contributed by atoms with Gasteiger partial charge in [0, 0.05) is 19.2 Å². The van der Waals surface area contributed by atoms with Gasteiger partial charge < -0.3 is 5.11 Å². The van der Waals surface area contributed by atoms with Crippen LogP contribution >= 0.6 is 0 Å². The molecule has 2 rings (SSSR count). The maximum atomic E-state index is 11.8.